The predicted molar refractivity (Wildman–Crippen MR) is 91.3 cm³/mol. The highest BCUT2D eigenvalue weighted by atomic mass is 16.5. The first-order valence-corrected chi connectivity index (χ1v) is 7.57. The molecule has 2 rings (SSSR count). The fraction of sp³-hybridized carbons (Fsp3) is 0.263. The van der Waals surface area contributed by atoms with Gasteiger partial charge in [0.25, 0.3) is 5.91 Å². The minimum absolute atomic E-state index is 0.0349. The van der Waals surface area contributed by atoms with Gasteiger partial charge in [0.1, 0.15) is 5.75 Å². The van der Waals surface area contributed by atoms with Crippen LogP contribution in [0.2, 0.25) is 0 Å². The molecular weight excluding hydrogens is 290 g/mol. The molecular formula is C19H21NO3. The van der Waals surface area contributed by atoms with Crippen LogP contribution in [-0.2, 0) is 0 Å². The van der Waals surface area contributed by atoms with Gasteiger partial charge in [0.05, 0.1) is 11.8 Å². The highest BCUT2D eigenvalue weighted by Crippen LogP contribution is 2.28. The number of carbonyl (C=O) groups is 2. The zero-order chi connectivity index (χ0) is 17.0. The summed E-state index contributed by atoms with van der Waals surface area (Å²) in [4.78, 5) is 24.1. The summed E-state index contributed by atoms with van der Waals surface area (Å²) in [6.45, 7) is 7.19. The number of aryl methyl sites for hydroxylation is 1. The van der Waals surface area contributed by atoms with E-state index in [-0.39, 0.29) is 17.8 Å². The van der Waals surface area contributed by atoms with E-state index in [2.05, 4.69) is 5.32 Å². The number of benzene rings is 2. The van der Waals surface area contributed by atoms with E-state index in [1.54, 1.807) is 24.3 Å². The lowest BCUT2D eigenvalue weighted by Gasteiger charge is -2.16. The van der Waals surface area contributed by atoms with Crippen molar-refractivity contribution in [1.82, 2.24) is 0 Å². The molecule has 0 unspecified atom stereocenters. The van der Waals surface area contributed by atoms with Crippen LogP contribution >= 0.6 is 0 Å². The second-order valence-electron chi connectivity index (χ2n) is 5.70. The van der Waals surface area contributed by atoms with Crippen molar-refractivity contribution in [3.05, 3.63) is 59.2 Å². The molecule has 23 heavy (non-hydrogen) atoms. The molecule has 0 saturated carbocycles. The van der Waals surface area contributed by atoms with Crippen molar-refractivity contribution in [2.75, 3.05) is 5.32 Å². The standard InChI is InChI=1S/C19H21NO3/c1-12(2)23-18-10-9-15(14(4)21)11-17(18)20-19(22)16-8-6-5-7-13(16)3/h5-12H,1-4H3,(H,20,22). The molecule has 0 aliphatic carbocycles. The SMILES string of the molecule is CC(=O)c1ccc(OC(C)C)c(NC(=O)c2ccccc2C)c1. The lowest BCUT2D eigenvalue weighted by Crippen LogP contribution is -2.16. The maximum Gasteiger partial charge on any atom is 0.256 e. The van der Waals surface area contributed by atoms with Crippen molar-refractivity contribution in [2.45, 2.75) is 33.8 Å². The van der Waals surface area contributed by atoms with Crippen molar-refractivity contribution in [3.8, 4) is 5.75 Å². The number of anilines is 1. The molecule has 0 heterocycles. The second kappa shape index (κ2) is 7.09. The molecule has 0 atom stereocenters. The molecule has 1 amide bonds. The Bertz CT molecular complexity index is 735. The smallest absolute Gasteiger partial charge is 0.256 e. The van der Waals surface area contributed by atoms with Crippen molar-refractivity contribution in [1.29, 1.82) is 0 Å². The average molecular weight is 311 g/mol. The van der Waals surface area contributed by atoms with Crippen molar-refractivity contribution < 1.29 is 14.3 Å². The summed E-state index contributed by atoms with van der Waals surface area (Å²) >= 11 is 0. The summed E-state index contributed by atoms with van der Waals surface area (Å²) in [7, 11) is 0. The van der Waals surface area contributed by atoms with Gasteiger partial charge in [-0.25, -0.2) is 0 Å². The van der Waals surface area contributed by atoms with E-state index in [0.717, 1.165) is 5.56 Å². The van der Waals surface area contributed by atoms with Crippen molar-refractivity contribution in [3.63, 3.8) is 0 Å². The van der Waals surface area contributed by atoms with Gasteiger partial charge in [-0.05, 0) is 57.5 Å². The third-order valence-electron chi connectivity index (χ3n) is 3.39. The monoisotopic (exact) mass is 311 g/mol. The number of hydrogen-bond donors (Lipinski definition) is 1. The average Bonchev–Trinajstić information content (AvgIpc) is 2.48. The summed E-state index contributed by atoms with van der Waals surface area (Å²) in [6.07, 6.45) is -0.0349. The zero-order valence-electron chi connectivity index (χ0n) is 13.8. The fourth-order valence-electron chi connectivity index (χ4n) is 2.22. The minimum atomic E-state index is -0.225. The quantitative estimate of drug-likeness (QED) is 0.840. The van der Waals surface area contributed by atoms with E-state index < -0.39 is 0 Å². The molecule has 4 nitrogen and oxygen atoms in total. The van der Waals surface area contributed by atoms with Crippen LogP contribution < -0.4 is 10.1 Å². The van der Waals surface area contributed by atoms with E-state index in [1.807, 2.05) is 39.0 Å². The predicted octanol–water partition coefficient (Wildman–Crippen LogP) is 4.24. The van der Waals surface area contributed by atoms with Gasteiger partial charge in [0.15, 0.2) is 5.78 Å². The number of nitrogens with one attached hydrogen (secondary N) is 1. The zero-order valence-corrected chi connectivity index (χ0v) is 13.8. The van der Waals surface area contributed by atoms with Crippen LogP contribution in [0.4, 0.5) is 5.69 Å². The molecule has 0 aliphatic heterocycles. The molecule has 2 aromatic carbocycles. The van der Waals surface area contributed by atoms with E-state index in [4.69, 9.17) is 4.74 Å². The van der Waals surface area contributed by atoms with Crippen LogP contribution in [0, 0.1) is 6.92 Å². The lowest BCUT2D eigenvalue weighted by atomic mass is 10.1. The van der Waals surface area contributed by atoms with Crippen LogP contribution in [0.25, 0.3) is 0 Å². The van der Waals surface area contributed by atoms with Gasteiger partial charge in [-0.2, -0.15) is 0 Å². The first-order valence-electron chi connectivity index (χ1n) is 7.57. The maximum atomic E-state index is 12.5. The molecule has 4 heteroatoms. The van der Waals surface area contributed by atoms with Crippen LogP contribution in [0.5, 0.6) is 5.75 Å². The normalized spacial score (nSPS) is 10.5. The van der Waals surface area contributed by atoms with Gasteiger partial charge < -0.3 is 10.1 Å². The Labute approximate surface area is 136 Å². The fourth-order valence-corrected chi connectivity index (χ4v) is 2.22. The van der Waals surface area contributed by atoms with Crippen molar-refractivity contribution in [2.24, 2.45) is 0 Å². The topological polar surface area (TPSA) is 55.4 Å². The molecule has 0 bridgehead atoms. The Hall–Kier alpha value is -2.62. The lowest BCUT2D eigenvalue weighted by molar-refractivity contribution is 0.101. The Kier molecular flexibility index (Phi) is 5.16. The Morgan fingerprint density at radius 3 is 2.39 bits per heavy atom. The van der Waals surface area contributed by atoms with Crippen LogP contribution in [0.3, 0.4) is 0 Å². The van der Waals surface area contributed by atoms with E-state index in [0.29, 0.717) is 22.6 Å². The molecule has 0 saturated heterocycles. The Balaban J connectivity index is 2.36. The van der Waals surface area contributed by atoms with Gasteiger partial charge in [-0.3, -0.25) is 9.59 Å². The molecule has 1 N–H and O–H groups in total. The maximum absolute atomic E-state index is 12.5. The highest BCUT2D eigenvalue weighted by Gasteiger charge is 2.14. The van der Waals surface area contributed by atoms with Crippen LogP contribution in [-0.4, -0.2) is 17.8 Å². The number of hydrogen-bond acceptors (Lipinski definition) is 3. The number of carbonyl (C=O) groups excluding carboxylic acids is 2. The molecule has 0 radical (unpaired) electrons. The van der Waals surface area contributed by atoms with E-state index in [9.17, 15) is 9.59 Å². The van der Waals surface area contributed by atoms with Crippen LogP contribution in [0.15, 0.2) is 42.5 Å². The summed E-state index contributed by atoms with van der Waals surface area (Å²) < 4.78 is 5.72. The number of Topliss-reactive ketones (excluding diaryl/α,β-unsaturated/α-hetero) is 1. The molecule has 0 spiro atoms. The second-order valence-corrected chi connectivity index (χ2v) is 5.70. The van der Waals surface area contributed by atoms with Gasteiger partial charge in [-0.1, -0.05) is 18.2 Å². The first-order chi connectivity index (χ1) is 10.9. The Morgan fingerprint density at radius 1 is 1.09 bits per heavy atom. The minimum Gasteiger partial charge on any atom is -0.489 e. The number of ether oxygens (including phenoxy) is 1. The van der Waals surface area contributed by atoms with E-state index in [1.165, 1.54) is 6.92 Å². The summed E-state index contributed by atoms with van der Waals surface area (Å²) in [6, 6.07) is 12.4. The largest absolute Gasteiger partial charge is 0.489 e. The molecule has 0 fully saturated rings. The molecule has 2 aromatic rings. The van der Waals surface area contributed by atoms with Gasteiger partial charge in [0.2, 0.25) is 0 Å². The molecule has 0 aliphatic rings. The Morgan fingerprint density at radius 2 is 1.78 bits per heavy atom. The van der Waals surface area contributed by atoms with Gasteiger partial charge >= 0.3 is 0 Å². The summed E-state index contributed by atoms with van der Waals surface area (Å²) in [5.41, 5.74) is 2.51. The summed E-state index contributed by atoms with van der Waals surface area (Å²) in [5.74, 6) is 0.261. The molecule has 120 valence electrons. The van der Waals surface area contributed by atoms with Gasteiger partial charge in [0, 0.05) is 11.1 Å². The number of amides is 1. The van der Waals surface area contributed by atoms with E-state index >= 15 is 0 Å². The number of ketones is 1. The molecule has 0 aromatic heterocycles. The van der Waals surface area contributed by atoms with Gasteiger partial charge in [-0.15, -0.1) is 0 Å². The van der Waals surface area contributed by atoms with Crippen molar-refractivity contribution >= 4 is 17.4 Å². The third kappa shape index (κ3) is 4.19. The third-order valence-corrected chi connectivity index (χ3v) is 3.39. The number of rotatable bonds is 5. The van der Waals surface area contributed by atoms with Crippen LogP contribution in [0.1, 0.15) is 47.1 Å². The summed E-state index contributed by atoms with van der Waals surface area (Å²) in [5, 5.41) is 2.85. The highest BCUT2D eigenvalue weighted by molar-refractivity contribution is 6.06. The first kappa shape index (κ1) is 16.7.